The molecule has 0 saturated heterocycles. The third-order valence-electron chi connectivity index (χ3n) is 2.87. The molecule has 0 N–H and O–H groups in total. The molecule has 0 spiro atoms. The predicted molar refractivity (Wildman–Crippen MR) is 76.9 cm³/mol. The van der Waals surface area contributed by atoms with E-state index in [9.17, 15) is 4.79 Å². The second kappa shape index (κ2) is 6.32. The lowest BCUT2D eigenvalue weighted by molar-refractivity contribution is 0.0892. The van der Waals surface area contributed by atoms with E-state index in [4.69, 9.17) is 4.74 Å². The van der Waals surface area contributed by atoms with Crippen molar-refractivity contribution in [2.45, 2.75) is 33.6 Å². The smallest absolute Gasteiger partial charge is 0.336 e. The van der Waals surface area contributed by atoms with Crippen LogP contribution >= 0.6 is 0 Å². The average Bonchev–Trinajstić information content (AvgIpc) is 2.89. The van der Waals surface area contributed by atoms with Gasteiger partial charge in [0.15, 0.2) is 5.82 Å². The first-order valence-corrected chi connectivity index (χ1v) is 6.85. The number of benzene rings is 1. The molecule has 20 heavy (non-hydrogen) atoms. The van der Waals surface area contributed by atoms with E-state index >= 15 is 0 Å². The van der Waals surface area contributed by atoms with Gasteiger partial charge in [0.2, 0.25) is 5.91 Å². The van der Waals surface area contributed by atoms with Gasteiger partial charge in [0.05, 0.1) is 6.61 Å². The summed E-state index contributed by atoms with van der Waals surface area (Å²) in [5, 5.41) is 4.15. The molecule has 1 heterocycles. The number of aryl methyl sites for hydroxylation is 1. The van der Waals surface area contributed by atoms with Crippen LogP contribution in [0, 0.1) is 6.92 Å². The van der Waals surface area contributed by atoms with Crippen LogP contribution in [-0.2, 0) is 0 Å². The van der Waals surface area contributed by atoms with Gasteiger partial charge in [0.25, 0.3) is 0 Å². The van der Waals surface area contributed by atoms with Crippen molar-refractivity contribution in [1.29, 1.82) is 0 Å². The zero-order valence-electron chi connectivity index (χ0n) is 12.1. The van der Waals surface area contributed by atoms with Crippen LogP contribution in [0.15, 0.2) is 24.3 Å². The molecule has 2 aromatic rings. The summed E-state index contributed by atoms with van der Waals surface area (Å²) in [6, 6.07) is 8.09. The normalized spacial score (nSPS) is 10.6. The van der Waals surface area contributed by atoms with Crippen molar-refractivity contribution in [2.75, 3.05) is 6.61 Å². The third-order valence-corrected chi connectivity index (χ3v) is 2.87. The minimum absolute atomic E-state index is 0.0978. The topological polar surface area (TPSA) is 57.0 Å². The molecule has 0 atom stereocenters. The molecule has 0 radical (unpaired) electrons. The number of carbonyl (C=O) groups excluding carboxylic acids is 1. The Kier molecular flexibility index (Phi) is 4.50. The maximum atomic E-state index is 12.0. The van der Waals surface area contributed by atoms with E-state index in [1.807, 2.05) is 38.1 Å². The van der Waals surface area contributed by atoms with E-state index in [1.165, 1.54) is 4.68 Å². The summed E-state index contributed by atoms with van der Waals surface area (Å²) in [6.45, 7) is 6.36. The Bertz CT molecular complexity index is 588. The minimum Gasteiger partial charge on any atom is -0.462 e. The monoisotopic (exact) mass is 273 g/mol. The highest BCUT2D eigenvalue weighted by Crippen LogP contribution is 2.21. The fraction of sp³-hybridized carbons (Fsp3) is 0.400. The Morgan fingerprint density at radius 3 is 2.55 bits per heavy atom. The molecule has 0 fully saturated rings. The molecule has 5 heteroatoms. The first-order chi connectivity index (χ1) is 9.65. The van der Waals surface area contributed by atoms with Crippen LogP contribution in [0.1, 0.15) is 37.0 Å². The average molecular weight is 273 g/mol. The van der Waals surface area contributed by atoms with Gasteiger partial charge in [0.1, 0.15) is 0 Å². The molecule has 2 rings (SSSR count). The molecule has 0 saturated carbocycles. The van der Waals surface area contributed by atoms with Crippen molar-refractivity contribution in [2.24, 2.45) is 0 Å². The zero-order chi connectivity index (χ0) is 14.5. The number of hydrogen-bond acceptors (Lipinski definition) is 4. The Labute approximate surface area is 118 Å². The van der Waals surface area contributed by atoms with Gasteiger partial charge >= 0.3 is 6.01 Å². The van der Waals surface area contributed by atoms with Crippen LogP contribution in [0.5, 0.6) is 6.01 Å². The van der Waals surface area contributed by atoms with Gasteiger partial charge in [-0.2, -0.15) is 9.67 Å². The number of rotatable bonds is 5. The molecule has 0 unspecified atom stereocenters. The highest BCUT2D eigenvalue weighted by atomic mass is 16.5. The quantitative estimate of drug-likeness (QED) is 0.840. The highest BCUT2D eigenvalue weighted by molar-refractivity contribution is 5.82. The lowest BCUT2D eigenvalue weighted by Crippen LogP contribution is -2.12. The molecular formula is C15H19N3O2. The fourth-order valence-corrected chi connectivity index (χ4v) is 1.76. The first kappa shape index (κ1) is 14.2. The molecule has 106 valence electrons. The number of hydrogen-bond donors (Lipinski definition) is 0. The zero-order valence-corrected chi connectivity index (χ0v) is 12.1. The van der Waals surface area contributed by atoms with Crippen molar-refractivity contribution in [3.05, 3.63) is 29.8 Å². The summed E-state index contributed by atoms with van der Waals surface area (Å²) >= 11 is 0. The van der Waals surface area contributed by atoms with Crippen LogP contribution in [0.4, 0.5) is 0 Å². The standard InChI is InChI=1S/C15H19N3O2/c1-4-10-20-15-16-14(18(17-15)13(19)5-2)12-8-6-11(3)7-9-12/h6-9H,4-5,10H2,1-3H3. The number of ether oxygens (including phenoxy) is 1. The molecule has 5 nitrogen and oxygen atoms in total. The molecular weight excluding hydrogens is 254 g/mol. The maximum absolute atomic E-state index is 12.0. The Hall–Kier alpha value is -2.17. The molecule has 0 amide bonds. The molecule has 0 aliphatic heterocycles. The maximum Gasteiger partial charge on any atom is 0.336 e. The second-order valence-electron chi connectivity index (χ2n) is 4.59. The van der Waals surface area contributed by atoms with E-state index < -0.39 is 0 Å². The fourth-order valence-electron chi connectivity index (χ4n) is 1.76. The number of nitrogens with zero attached hydrogens (tertiary/aromatic N) is 3. The highest BCUT2D eigenvalue weighted by Gasteiger charge is 2.17. The Morgan fingerprint density at radius 1 is 1.25 bits per heavy atom. The first-order valence-electron chi connectivity index (χ1n) is 6.85. The lowest BCUT2D eigenvalue weighted by Gasteiger charge is -2.02. The van der Waals surface area contributed by atoms with Gasteiger partial charge in [-0.1, -0.05) is 43.7 Å². The van der Waals surface area contributed by atoms with Crippen LogP contribution in [0.3, 0.4) is 0 Å². The van der Waals surface area contributed by atoms with Gasteiger partial charge in [0, 0.05) is 12.0 Å². The van der Waals surface area contributed by atoms with E-state index in [1.54, 1.807) is 6.92 Å². The van der Waals surface area contributed by atoms with E-state index in [2.05, 4.69) is 10.1 Å². The van der Waals surface area contributed by atoms with Gasteiger partial charge in [-0.25, -0.2) is 0 Å². The van der Waals surface area contributed by atoms with Gasteiger partial charge in [-0.15, -0.1) is 5.10 Å². The summed E-state index contributed by atoms with van der Waals surface area (Å²) in [7, 11) is 0. The third kappa shape index (κ3) is 3.04. The van der Waals surface area contributed by atoms with Crippen LogP contribution < -0.4 is 4.74 Å². The Morgan fingerprint density at radius 2 is 1.95 bits per heavy atom. The van der Waals surface area contributed by atoms with E-state index in [-0.39, 0.29) is 11.9 Å². The predicted octanol–water partition coefficient (Wildman–Crippen LogP) is 3.09. The van der Waals surface area contributed by atoms with Gasteiger partial charge in [-0.3, -0.25) is 4.79 Å². The van der Waals surface area contributed by atoms with E-state index in [0.29, 0.717) is 18.9 Å². The molecule has 0 bridgehead atoms. The number of carbonyl (C=O) groups is 1. The summed E-state index contributed by atoms with van der Waals surface area (Å²) in [5.41, 5.74) is 2.01. The summed E-state index contributed by atoms with van der Waals surface area (Å²) in [5.74, 6) is 0.433. The summed E-state index contributed by atoms with van der Waals surface area (Å²) < 4.78 is 6.75. The van der Waals surface area contributed by atoms with Crippen molar-refractivity contribution < 1.29 is 9.53 Å². The molecule has 1 aromatic heterocycles. The second-order valence-corrected chi connectivity index (χ2v) is 4.59. The van der Waals surface area contributed by atoms with Crippen LogP contribution in [0.25, 0.3) is 11.4 Å². The van der Waals surface area contributed by atoms with Crippen molar-refractivity contribution in [3.63, 3.8) is 0 Å². The molecule has 1 aromatic carbocycles. The number of aromatic nitrogens is 3. The molecule has 0 aliphatic carbocycles. The van der Waals surface area contributed by atoms with Crippen LogP contribution in [0.2, 0.25) is 0 Å². The van der Waals surface area contributed by atoms with Gasteiger partial charge < -0.3 is 4.74 Å². The SMILES string of the molecule is CCCOc1nc(-c2ccc(C)cc2)n(C(=O)CC)n1. The van der Waals surface area contributed by atoms with Gasteiger partial charge in [-0.05, 0) is 13.3 Å². The summed E-state index contributed by atoms with van der Waals surface area (Å²) in [4.78, 5) is 16.3. The van der Waals surface area contributed by atoms with Crippen molar-refractivity contribution in [1.82, 2.24) is 14.8 Å². The van der Waals surface area contributed by atoms with E-state index in [0.717, 1.165) is 17.5 Å². The Balaban J connectivity index is 2.41. The molecule has 0 aliphatic rings. The largest absolute Gasteiger partial charge is 0.462 e. The minimum atomic E-state index is -0.0978. The summed E-state index contributed by atoms with van der Waals surface area (Å²) in [6.07, 6.45) is 1.24. The van der Waals surface area contributed by atoms with Crippen LogP contribution in [-0.4, -0.2) is 27.3 Å². The lowest BCUT2D eigenvalue weighted by atomic mass is 10.1. The van der Waals surface area contributed by atoms with Crippen molar-refractivity contribution in [3.8, 4) is 17.4 Å². The van der Waals surface area contributed by atoms with Crippen molar-refractivity contribution >= 4 is 5.91 Å².